The zero-order chi connectivity index (χ0) is 25.7. The second kappa shape index (κ2) is 9.83. The van der Waals surface area contributed by atoms with Crippen molar-refractivity contribution in [2.45, 2.75) is 16.7 Å². The van der Waals surface area contributed by atoms with Crippen molar-refractivity contribution in [3.05, 3.63) is 97.7 Å². The fourth-order valence-electron chi connectivity index (χ4n) is 3.79. The lowest BCUT2D eigenvalue weighted by Crippen LogP contribution is -2.17. The molecule has 1 saturated carbocycles. The summed E-state index contributed by atoms with van der Waals surface area (Å²) in [4.78, 5) is 25.7. The van der Waals surface area contributed by atoms with Crippen LogP contribution in [0.2, 0.25) is 15.1 Å². The number of carbonyl (C=O) groups is 2. The molecule has 1 amide bonds. The maximum Gasteiger partial charge on any atom is 0.231 e. The summed E-state index contributed by atoms with van der Waals surface area (Å²) in [6, 6.07) is 9.68. The molecule has 1 N–H and O–H groups in total. The molecule has 2 unspecified atom stereocenters. The van der Waals surface area contributed by atoms with Crippen LogP contribution in [0.4, 0.5) is 18.9 Å². The van der Waals surface area contributed by atoms with Crippen LogP contribution >= 0.6 is 58.0 Å². The predicted octanol–water partition coefficient (Wildman–Crippen LogP) is 8.02. The van der Waals surface area contributed by atoms with Crippen LogP contribution in [0.15, 0.2) is 48.5 Å². The standard InChI is InChI=1S/C24H13Cl5F3NO2/c25-15-4-3-13(9-14(15)19(34)7-10-1-2-12(30)8-18(10)31)33-23(35)21-20(24(21,28)29)11-5-16(26)22(32)17(27)6-11/h1-6,8-9,20-21H,7H2,(H,33,35). The Kier molecular flexibility index (Phi) is 7.33. The van der Waals surface area contributed by atoms with Crippen LogP contribution in [-0.4, -0.2) is 16.0 Å². The first-order chi connectivity index (χ1) is 16.4. The van der Waals surface area contributed by atoms with Crippen molar-refractivity contribution in [3.8, 4) is 0 Å². The molecular weight excluding hydrogens is 569 g/mol. The monoisotopic (exact) mass is 579 g/mol. The van der Waals surface area contributed by atoms with E-state index in [1.165, 1.54) is 36.4 Å². The quantitative estimate of drug-likeness (QED) is 0.182. The molecule has 1 fully saturated rings. The maximum absolute atomic E-state index is 14.0. The zero-order valence-electron chi connectivity index (χ0n) is 17.3. The molecule has 0 heterocycles. The summed E-state index contributed by atoms with van der Waals surface area (Å²) >= 11 is 30.5. The number of anilines is 1. The number of halogens is 8. The zero-order valence-corrected chi connectivity index (χ0v) is 21.1. The first kappa shape index (κ1) is 26.1. The Balaban J connectivity index is 1.52. The number of amides is 1. The molecule has 0 spiro atoms. The van der Waals surface area contributed by atoms with Crippen LogP contribution in [0.3, 0.4) is 0 Å². The van der Waals surface area contributed by atoms with Crippen LogP contribution in [0.1, 0.15) is 27.4 Å². The van der Waals surface area contributed by atoms with Crippen molar-refractivity contribution in [1.82, 2.24) is 0 Å². The molecular formula is C24H13Cl5F3NO2. The Hall–Kier alpha value is -1.96. The smallest absolute Gasteiger partial charge is 0.231 e. The summed E-state index contributed by atoms with van der Waals surface area (Å²) in [6.07, 6.45) is -0.369. The van der Waals surface area contributed by atoms with Gasteiger partial charge in [0, 0.05) is 29.7 Å². The number of ketones is 1. The average Bonchev–Trinajstić information content (AvgIpc) is 3.37. The third-order valence-electron chi connectivity index (χ3n) is 5.60. The number of Topliss-reactive ketones (excluding diaryl/α,β-unsaturated/α-hetero) is 1. The molecule has 35 heavy (non-hydrogen) atoms. The number of hydrogen-bond acceptors (Lipinski definition) is 2. The molecule has 2 atom stereocenters. The molecule has 0 radical (unpaired) electrons. The van der Waals surface area contributed by atoms with Gasteiger partial charge in [-0.15, -0.1) is 23.2 Å². The molecule has 3 aromatic rings. The summed E-state index contributed by atoms with van der Waals surface area (Å²) in [6.45, 7) is 0. The number of rotatable bonds is 6. The highest BCUT2D eigenvalue weighted by atomic mass is 35.5. The Morgan fingerprint density at radius 1 is 0.886 bits per heavy atom. The van der Waals surface area contributed by atoms with Gasteiger partial charge < -0.3 is 5.32 Å². The van der Waals surface area contributed by atoms with Crippen LogP contribution < -0.4 is 5.32 Å². The van der Waals surface area contributed by atoms with Gasteiger partial charge in [0.1, 0.15) is 16.0 Å². The van der Waals surface area contributed by atoms with E-state index in [0.717, 1.165) is 6.07 Å². The number of nitrogens with one attached hydrogen (secondary N) is 1. The Morgan fingerprint density at radius 2 is 1.54 bits per heavy atom. The van der Waals surface area contributed by atoms with Crippen molar-refractivity contribution in [1.29, 1.82) is 0 Å². The summed E-state index contributed by atoms with van der Waals surface area (Å²) in [5.74, 6) is -5.17. The van der Waals surface area contributed by atoms with E-state index in [-0.39, 0.29) is 38.3 Å². The first-order valence-corrected chi connectivity index (χ1v) is 11.9. The topological polar surface area (TPSA) is 46.2 Å². The Labute approximate surface area is 223 Å². The van der Waals surface area contributed by atoms with E-state index in [2.05, 4.69) is 5.32 Å². The van der Waals surface area contributed by atoms with Gasteiger partial charge in [0.2, 0.25) is 5.91 Å². The van der Waals surface area contributed by atoms with Gasteiger partial charge in [-0.05, 0) is 47.5 Å². The van der Waals surface area contributed by atoms with Gasteiger partial charge in [0.25, 0.3) is 0 Å². The SMILES string of the molecule is O=C(Cc1ccc(F)cc1F)c1cc(NC(=O)C2C(c3cc(Cl)c(F)c(Cl)c3)C2(Cl)Cl)ccc1Cl. The van der Waals surface area contributed by atoms with E-state index in [0.29, 0.717) is 11.6 Å². The van der Waals surface area contributed by atoms with E-state index in [9.17, 15) is 22.8 Å². The van der Waals surface area contributed by atoms with Crippen molar-refractivity contribution in [2.75, 3.05) is 5.32 Å². The minimum absolute atomic E-state index is 0.00610. The van der Waals surface area contributed by atoms with Gasteiger partial charge >= 0.3 is 0 Å². The number of benzene rings is 3. The van der Waals surface area contributed by atoms with Crippen LogP contribution in [-0.2, 0) is 11.2 Å². The molecule has 0 aromatic heterocycles. The minimum Gasteiger partial charge on any atom is -0.326 e. The molecule has 0 bridgehead atoms. The van der Waals surface area contributed by atoms with Crippen LogP contribution in [0.25, 0.3) is 0 Å². The second-order valence-electron chi connectivity index (χ2n) is 7.95. The van der Waals surface area contributed by atoms with Gasteiger partial charge in [-0.1, -0.05) is 40.9 Å². The van der Waals surface area contributed by atoms with Gasteiger partial charge in [0.15, 0.2) is 11.6 Å². The molecule has 1 aliphatic rings. The van der Waals surface area contributed by atoms with Gasteiger partial charge in [0.05, 0.1) is 21.0 Å². The van der Waals surface area contributed by atoms with E-state index in [4.69, 9.17) is 58.0 Å². The summed E-state index contributed by atoms with van der Waals surface area (Å²) in [5.41, 5.74) is 0.626. The summed E-state index contributed by atoms with van der Waals surface area (Å²) < 4.78 is 39.3. The number of carbonyl (C=O) groups excluding carboxylic acids is 2. The highest BCUT2D eigenvalue weighted by Gasteiger charge is 2.67. The molecule has 3 nitrogen and oxygen atoms in total. The summed E-state index contributed by atoms with van der Waals surface area (Å²) in [7, 11) is 0. The largest absolute Gasteiger partial charge is 0.326 e. The third kappa shape index (κ3) is 5.27. The summed E-state index contributed by atoms with van der Waals surface area (Å²) in [5, 5.41) is 2.24. The number of alkyl halides is 2. The van der Waals surface area contributed by atoms with Crippen LogP contribution in [0, 0.1) is 23.4 Å². The van der Waals surface area contributed by atoms with Gasteiger partial charge in [-0.25, -0.2) is 13.2 Å². The first-order valence-electron chi connectivity index (χ1n) is 10.00. The van der Waals surface area contributed by atoms with Crippen molar-refractivity contribution in [2.24, 2.45) is 5.92 Å². The van der Waals surface area contributed by atoms with E-state index in [1.807, 2.05) is 0 Å². The van der Waals surface area contributed by atoms with Crippen molar-refractivity contribution in [3.63, 3.8) is 0 Å². The molecule has 3 aromatic carbocycles. The van der Waals surface area contributed by atoms with E-state index in [1.54, 1.807) is 0 Å². The maximum atomic E-state index is 14.0. The van der Waals surface area contributed by atoms with E-state index < -0.39 is 45.3 Å². The van der Waals surface area contributed by atoms with Crippen molar-refractivity contribution >= 4 is 75.4 Å². The van der Waals surface area contributed by atoms with Gasteiger partial charge in [-0.3, -0.25) is 9.59 Å². The predicted molar refractivity (Wildman–Crippen MR) is 132 cm³/mol. The van der Waals surface area contributed by atoms with Crippen LogP contribution in [0.5, 0.6) is 0 Å². The molecule has 182 valence electrons. The molecule has 4 rings (SSSR count). The average molecular weight is 582 g/mol. The molecule has 0 saturated heterocycles. The molecule has 0 aliphatic heterocycles. The molecule has 1 aliphatic carbocycles. The molecule has 11 heteroatoms. The fourth-order valence-corrected chi connectivity index (χ4v) is 5.35. The third-order valence-corrected chi connectivity index (χ3v) is 7.42. The van der Waals surface area contributed by atoms with Gasteiger partial charge in [-0.2, -0.15) is 0 Å². The lowest BCUT2D eigenvalue weighted by atomic mass is 10.0. The Morgan fingerprint density at radius 3 is 2.17 bits per heavy atom. The lowest BCUT2D eigenvalue weighted by molar-refractivity contribution is -0.117. The highest BCUT2D eigenvalue weighted by molar-refractivity contribution is 6.53. The van der Waals surface area contributed by atoms with E-state index >= 15 is 0 Å². The van der Waals surface area contributed by atoms with Crippen molar-refractivity contribution < 1.29 is 22.8 Å². The fraction of sp³-hybridized carbons (Fsp3) is 0.167. The second-order valence-corrected chi connectivity index (χ2v) is 10.6. The highest BCUT2D eigenvalue weighted by Crippen LogP contribution is 2.65. The lowest BCUT2D eigenvalue weighted by Gasteiger charge is -2.10. The minimum atomic E-state index is -1.50. The number of hydrogen-bond donors (Lipinski definition) is 1. The Bertz CT molecular complexity index is 1340. The normalized spacial score (nSPS) is 18.3.